The van der Waals surface area contributed by atoms with Gasteiger partial charge in [0.2, 0.25) is 0 Å². The van der Waals surface area contributed by atoms with Crippen molar-refractivity contribution in [3.05, 3.63) is 24.5 Å². The molecule has 5 nitrogen and oxygen atoms in total. The number of carbonyl (C=O) groups excluding carboxylic acids is 1. The summed E-state index contributed by atoms with van der Waals surface area (Å²) in [5.41, 5.74) is 1.49. The Labute approximate surface area is 87.4 Å². The van der Waals surface area contributed by atoms with Gasteiger partial charge in [-0.3, -0.25) is 9.78 Å². The zero-order valence-corrected chi connectivity index (χ0v) is 8.38. The Morgan fingerprint density at radius 1 is 1.47 bits per heavy atom. The molecule has 1 aliphatic rings. The summed E-state index contributed by atoms with van der Waals surface area (Å²) < 4.78 is 4.94. The van der Waals surface area contributed by atoms with Gasteiger partial charge in [0, 0.05) is 19.5 Å². The second-order valence-electron chi connectivity index (χ2n) is 3.19. The maximum Gasteiger partial charge on any atom is 0.253 e. The minimum Gasteiger partial charge on any atom is -0.379 e. The molecule has 0 saturated carbocycles. The Morgan fingerprint density at radius 3 is 2.87 bits per heavy atom. The van der Waals surface area contributed by atoms with Crippen molar-refractivity contribution in [2.24, 2.45) is 5.10 Å². The first-order chi connectivity index (χ1) is 7.31. The summed E-state index contributed by atoms with van der Waals surface area (Å²) in [6.45, 7) is 0.396. The first-order valence-corrected chi connectivity index (χ1v) is 4.59. The van der Waals surface area contributed by atoms with Crippen LogP contribution in [0, 0.1) is 0 Å². The third kappa shape index (κ3) is 2.02. The van der Waals surface area contributed by atoms with Crippen molar-refractivity contribution in [1.29, 1.82) is 0 Å². The number of amides is 1. The third-order valence-electron chi connectivity index (χ3n) is 2.05. The molecule has 0 spiro atoms. The van der Waals surface area contributed by atoms with Crippen molar-refractivity contribution >= 4 is 17.3 Å². The molecule has 0 unspecified atom stereocenters. The van der Waals surface area contributed by atoms with Gasteiger partial charge in [-0.1, -0.05) is 0 Å². The van der Waals surface area contributed by atoms with E-state index in [0.717, 1.165) is 11.4 Å². The molecule has 15 heavy (non-hydrogen) atoms. The number of ether oxygens (including phenoxy) is 1. The van der Waals surface area contributed by atoms with Gasteiger partial charge in [0.05, 0.1) is 24.4 Å². The minimum atomic E-state index is -0.0340. The van der Waals surface area contributed by atoms with E-state index in [-0.39, 0.29) is 5.91 Å². The topological polar surface area (TPSA) is 54.8 Å². The molecule has 0 saturated heterocycles. The summed E-state index contributed by atoms with van der Waals surface area (Å²) in [5.74, 6) is -0.0340. The van der Waals surface area contributed by atoms with Crippen LogP contribution in [0.3, 0.4) is 0 Å². The summed E-state index contributed by atoms with van der Waals surface area (Å²) in [7, 11) is 1.59. The lowest BCUT2D eigenvalue weighted by atomic mass is 10.3. The maximum atomic E-state index is 11.6. The van der Waals surface area contributed by atoms with Crippen LogP contribution in [0.5, 0.6) is 0 Å². The second-order valence-corrected chi connectivity index (χ2v) is 3.19. The fraction of sp³-hybridized carbons (Fsp3) is 0.300. The summed E-state index contributed by atoms with van der Waals surface area (Å²) in [6, 6.07) is 3.49. The first-order valence-electron chi connectivity index (χ1n) is 4.59. The van der Waals surface area contributed by atoms with Gasteiger partial charge in [0.25, 0.3) is 5.91 Å². The molecule has 0 N–H and O–H groups in total. The molecule has 0 bridgehead atoms. The number of anilines is 1. The van der Waals surface area contributed by atoms with Crippen molar-refractivity contribution in [1.82, 2.24) is 4.98 Å². The molecule has 1 amide bonds. The number of hydrogen-bond donors (Lipinski definition) is 0. The number of hydrazone groups is 1. The van der Waals surface area contributed by atoms with Gasteiger partial charge in [-0.15, -0.1) is 0 Å². The maximum absolute atomic E-state index is 11.6. The Morgan fingerprint density at radius 2 is 2.20 bits per heavy atom. The molecule has 0 atom stereocenters. The predicted octanol–water partition coefficient (Wildman–Crippen LogP) is 0.821. The lowest BCUT2D eigenvalue weighted by molar-refractivity contribution is -0.116. The van der Waals surface area contributed by atoms with E-state index < -0.39 is 0 Å². The number of rotatable bonds is 3. The molecule has 78 valence electrons. The number of aromatic nitrogens is 1. The Balaban J connectivity index is 2.20. The molecule has 1 aliphatic heterocycles. The number of nitrogens with zero attached hydrogens (tertiary/aromatic N) is 3. The molecule has 1 aromatic rings. The van der Waals surface area contributed by atoms with E-state index in [4.69, 9.17) is 4.74 Å². The van der Waals surface area contributed by atoms with E-state index in [1.54, 1.807) is 31.6 Å². The van der Waals surface area contributed by atoms with Crippen LogP contribution in [-0.4, -0.2) is 30.3 Å². The second kappa shape index (κ2) is 4.18. The van der Waals surface area contributed by atoms with Crippen LogP contribution in [0.2, 0.25) is 0 Å². The van der Waals surface area contributed by atoms with Crippen LogP contribution in [0.25, 0.3) is 0 Å². The molecular formula is C10H11N3O2. The molecule has 2 rings (SSSR count). The van der Waals surface area contributed by atoms with Crippen molar-refractivity contribution < 1.29 is 9.53 Å². The van der Waals surface area contributed by atoms with Crippen LogP contribution >= 0.6 is 0 Å². The molecule has 2 heterocycles. The quantitative estimate of drug-likeness (QED) is 0.734. The smallest absolute Gasteiger partial charge is 0.253 e. The lowest BCUT2D eigenvalue weighted by Gasteiger charge is -2.10. The van der Waals surface area contributed by atoms with Crippen molar-refractivity contribution in [2.45, 2.75) is 6.42 Å². The molecule has 0 aliphatic carbocycles. The highest BCUT2D eigenvalue weighted by Gasteiger charge is 2.24. The average molecular weight is 205 g/mol. The van der Waals surface area contributed by atoms with E-state index in [1.807, 2.05) is 0 Å². The monoisotopic (exact) mass is 205 g/mol. The van der Waals surface area contributed by atoms with Gasteiger partial charge in [-0.2, -0.15) is 5.10 Å². The molecule has 0 aromatic carbocycles. The van der Waals surface area contributed by atoms with Crippen molar-refractivity contribution in [2.75, 3.05) is 18.7 Å². The van der Waals surface area contributed by atoms with Crippen molar-refractivity contribution in [3.63, 3.8) is 0 Å². The standard InChI is InChI=1S/C10H11N3O2/c1-15-7-8-6-10(14)13(12-8)9-2-4-11-5-3-9/h2-5H,6-7H2,1H3. The molecule has 5 heteroatoms. The minimum absolute atomic E-state index is 0.0340. The zero-order valence-electron chi connectivity index (χ0n) is 8.38. The molecular weight excluding hydrogens is 194 g/mol. The summed E-state index contributed by atoms with van der Waals surface area (Å²) in [4.78, 5) is 15.5. The van der Waals surface area contributed by atoms with Gasteiger partial charge in [-0.05, 0) is 12.1 Å². The fourth-order valence-electron chi connectivity index (χ4n) is 1.42. The highest BCUT2D eigenvalue weighted by atomic mass is 16.5. The summed E-state index contributed by atoms with van der Waals surface area (Å²) in [5, 5.41) is 5.56. The van der Waals surface area contributed by atoms with E-state index in [9.17, 15) is 4.79 Å². The lowest BCUT2D eigenvalue weighted by Crippen LogP contribution is -2.19. The van der Waals surface area contributed by atoms with E-state index in [2.05, 4.69) is 10.1 Å². The summed E-state index contributed by atoms with van der Waals surface area (Å²) in [6.07, 6.45) is 3.59. The van der Waals surface area contributed by atoms with Crippen LogP contribution in [0.1, 0.15) is 6.42 Å². The Bertz CT molecular complexity index is 389. The number of methoxy groups -OCH3 is 1. The first kappa shape index (κ1) is 9.79. The third-order valence-corrected chi connectivity index (χ3v) is 2.05. The molecule has 1 aromatic heterocycles. The average Bonchev–Trinajstić information content (AvgIpc) is 2.61. The predicted molar refractivity (Wildman–Crippen MR) is 55.7 cm³/mol. The number of pyridine rings is 1. The number of carbonyl (C=O) groups is 1. The van der Waals surface area contributed by atoms with E-state index >= 15 is 0 Å². The van der Waals surface area contributed by atoms with Crippen LogP contribution in [0.4, 0.5) is 5.69 Å². The molecule has 0 radical (unpaired) electrons. The van der Waals surface area contributed by atoms with Crippen LogP contribution in [-0.2, 0) is 9.53 Å². The normalized spacial score (nSPS) is 15.7. The molecule has 0 fully saturated rings. The van der Waals surface area contributed by atoms with Gasteiger partial charge in [-0.25, -0.2) is 5.01 Å². The highest BCUT2D eigenvalue weighted by molar-refractivity contribution is 6.13. The van der Waals surface area contributed by atoms with Crippen molar-refractivity contribution in [3.8, 4) is 0 Å². The SMILES string of the molecule is COCC1=NN(c2ccncc2)C(=O)C1. The van der Waals surface area contributed by atoms with Gasteiger partial charge < -0.3 is 4.74 Å². The Kier molecular flexibility index (Phi) is 2.73. The zero-order chi connectivity index (χ0) is 10.7. The highest BCUT2D eigenvalue weighted by Crippen LogP contribution is 2.18. The van der Waals surface area contributed by atoms with Crippen LogP contribution < -0.4 is 5.01 Å². The van der Waals surface area contributed by atoms with E-state index in [0.29, 0.717) is 13.0 Å². The number of hydrogen-bond acceptors (Lipinski definition) is 4. The summed E-state index contributed by atoms with van der Waals surface area (Å²) >= 11 is 0. The van der Waals surface area contributed by atoms with Crippen LogP contribution in [0.15, 0.2) is 29.6 Å². The van der Waals surface area contributed by atoms with Gasteiger partial charge in [0.1, 0.15) is 0 Å². The van der Waals surface area contributed by atoms with Gasteiger partial charge >= 0.3 is 0 Å². The Hall–Kier alpha value is -1.75. The van der Waals surface area contributed by atoms with Gasteiger partial charge in [0.15, 0.2) is 0 Å². The van der Waals surface area contributed by atoms with E-state index in [1.165, 1.54) is 5.01 Å². The fourth-order valence-corrected chi connectivity index (χ4v) is 1.42. The largest absolute Gasteiger partial charge is 0.379 e.